The molecule has 76 valence electrons. The Balaban J connectivity index is 2.16. The average Bonchev–Trinajstić information content (AvgIpc) is 2.84. The summed E-state index contributed by atoms with van der Waals surface area (Å²) >= 11 is 0. The van der Waals surface area contributed by atoms with E-state index in [-0.39, 0.29) is 6.79 Å². The Bertz CT molecular complexity index is 507. The van der Waals surface area contributed by atoms with Crippen LogP contribution in [0.3, 0.4) is 0 Å². The van der Waals surface area contributed by atoms with Crippen LogP contribution in [0.4, 0.5) is 0 Å². The van der Waals surface area contributed by atoms with Crippen molar-refractivity contribution < 1.29 is 14.0 Å². The van der Waals surface area contributed by atoms with E-state index in [9.17, 15) is 0 Å². The van der Waals surface area contributed by atoms with Gasteiger partial charge in [-0.2, -0.15) is 4.98 Å². The van der Waals surface area contributed by atoms with Crippen molar-refractivity contribution in [3.8, 4) is 22.9 Å². The molecule has 0 atom stereocenters. The number of para-hydroxylation sites is 1. The number of aromatic nitrogens is 2. The summed E-state index contributed by atoms with van der Waals surface area (Å²) in [5.41, 5.74) is 0.793. The molecule has 0 saturated carbocycles. The van der Waals surface area contributed by atoms with E-state index in [2.05, 4.69) is 10.1 Å². The normalized spacial score (nSPS) is 13.1. The van der Waals surface area contributed by atoms with Gasteiger partial charge in [0.15, 0.2) is 11.5 Å². The molecule has 0 spiro atoms. The Labute approximate surface area is 85.6 Å². The number of ether oxygens (including phenoxy) is 2. The van der Waals surface area contributed by atoms with Gasteiger partial charge >= 0.3 is 0 Å². The number of hydrogen-bond donors (Lipinski definition) is 0. The van der Waals surface area contributed by atoms with Gasteiger partial charge in [-0.05, 0) is 12.1 Å². The van der Waals surface area contributed by atoms with Gasteiger partial charge in [-0.3, -0.25) is 0 Å². The molecule has 0 radical (unpaired) electrons. The highest BCUT2D eigenvalue weighted by molar-refractivity contribution is 5.69. The van der Waals surface area contributed by atoms with E-state index in [1.54, 1.807) is 6.92 Å². The van der Waals surface area contributed by atoms with E-state index >= 15 is 0 Å². The van der Waals surface area contributed by atoms with Crippen molar-refractivity contribution in [2.45, 2.75) is 6.92 Å². The SMILES string of the molecule is Cc1nc(-c2cccc3c2OCO3)no1. The molecule has 0 amide bonds. The van der Waals surface area contributed by atoms with Crippen LogP contribution in [0.15, 0.2) is 22.7 Å². The van der Waals surface area contributed by atoms with E-state index in [1.807, 2.05) is 18.2 Å². The number of rotatable bonds is 1. The standard InChI is InChI=1S/C10H8N2O3/c1-6-11-10(12-15-6)7-3-2-4-8-9(7)14-5-13-8/h2-4H,5H2,1H3. The van der Waals surface area contributed by atoms with Gasteiger partial charge < -0.3 is 14.0 Å². The summed E-state index contributed by atoms with van der Waals surface area (Å²) < 4.78 is 15.5. The third-order valence-electron chi connectivity index (χ3n) is 2.17. The van der Waals surface area contributed by atoms with Crippen molar-refractivity contribution in [2.24, 2.45) is 0 Å². The van der Waals surface area contributed by atoms with Crippen LogP contribution in [-0.2, 0) is 0 Å². The van der Waals surface area contributed by atoms with Crippen LogP contribution in [0, 0.1) is 6.92 Å². The summed E-state index contributed by atoms with van der Waals surface area (Å²) in [5, 5.41) is 3.84. The molecule has 0 fully saturated rings. The van der Waals surface area contributed by atoms with Crippen molar-refractivity contribution in [3.05, 3.63) is 24.1 Å². The second kappa shape index (κ2) is 2.98. The quantitative estimate of drug-likeness (QED) is 0.708. The van der Waals surface area contributed by atoms with E-state index < -0.39 is 0 Å². The highest BCUT2D eigenvalue weighted by atomic mass is 16.7. The fraction of sp³-hybridized carbons (Fsp3) is 0.200. The third-order valence-corrected chi connectivity index (χ3v) is 2.17. The Morgan fingerprint density at radius 1 is 1.27 bits per heavy atom. The summed E-state index contributed by atoms with van der Waals surface area (Å²) in [6.45, 7) is 1.99. The van der Waals surface area contributed by atoms with Gasteiger partial charge in [0, 0.05) is 6.92 Å². The minimum absolute atomic E-state index is 0.239. The number of nitrogens with zero attached hydrogens (tertiary/aromatic N) is 2. The van der Waals surface area contributed by atoms with Gasteiger partial charge in [0.1, 0.15) is 0 Å². The summed E-state index contributed by atoms with van der Waals surface area (Å²) in [7, 11) is 0. The topological polar surface area (TPSA) is 57.4 Å². The first-order valence-electron chi connectivity index (χ1n) is 4.54. The van der Waals surface area contributed by atoms with Crippen LogP contribution >= 0.6 is 0 Å². The fourth-order valence-corrected chi connectivity index (χ4v) is 1.51. The first-order valence-corrected chi connectivity index (χ1v) is 4.54. The lowest BCUT2D eigenvalue weighted by Crippen LogP contribution is -1.93. The Morgan fingerprint density at radius 2 is 2.20 bits per heavy atom. The Hall–Kier alpha value is -2.04. The molecule has 1 aliphatic heterocycles. The molecule has 15 heavy (non-hydrogen) atoms. The largest absolute Gasteiger partial charge is 0.454 e. The minimum atomic E-state index is 0.239. The molecule has 1 aromatic heterocycles. The monoisotopic (exact) mass is 204 g/mol. The summed E-state index contributed by atoms with van der Waals surface area (Å²) in [5.74, 6) is 2.45. The Kier molecular flexibility index (Phi) is 1.65. The minimum Gasteiger partial charge on any atom is -0.454 e. The van der Waals surface area contributed by atoms with Crippen LogP contribution in [0.1, 0.15) is 5.89 Å². The van der Waals surface area contributed by atoms with Crippen molar-refractivity contribution in [3.63, 3.8) is 0 Å². The van der Waals surface area contributed by atoms with Gasteiger partial charge in [0.05, 0.1) is 5.56 Å². The van der Waals surface area contributed by atoms with Crippen LogP contribution in [0.5, 0.6) is 11.5 Å². The molecule has 0 unspecified atom stereocenters. The first-order chi connectivity index (χ1) is 7.34. The van der Waals surface area contributed by atoms with Gasteiger partial charge in [-0.15, -0.1) is 0 Å². The predicted octanol–water partition coefficient (Wildman–Crippen LogP) is 1.77. The molecule has 0 bridgehead atoms. The fourth-order valence-electron chi connectivity index (χ4n) is 1.51. The van der Waals surface area contributed by atoms with Gasteiger partial charge in [-0.25, -0.2) is 0 Å². The lowest BCUT2D eigenvalue weighted by molar-refractivity contribution is 0.174. The molecule has 0 saturated heterocycles. The van der Waals surface area contributed by atoms with E-state index in [4.69, 9.17) is 14.0 Å². The van der Waals surface area contributed by atoms with E-state index in [1.165, 1.54) is 0 Å². The molecule has 2 heterocycles. The highest BCUT2D eigenvalue weighted by Gasteiger charge is 2.20. The van der Waals surface area contributed by atoms with E-state index in [0.29, 0.717) is 17.5 Å². The molecule has 3 rings (SSSR count). The zero-order valence-corrected chi connectivity index (χ0v) is 8.06. The number of fused-ring (bicyclic) bond motifs is 1. The maximum Gasteiger partial charge on any atom is 0.231 e. The molecular formula is C10H8N2O3. The second-order valence-electron chi connectivity index (χ2n) is 3.18. The van der Waals surface area contributed by atoms with Crippen LogP contribution in [0.2, 0.25) is 0 Å². The molecule has 1 aromatic carbocycles. The first kappa shape index (κ1) is 8.28. The smallest absolute Gasteiger partial charge is 0.231 e. The molecular weight excluding hydrogens is 196 g/mol. The van der Waals surface area contributed by atoms with Crippen LogP contribution in [0.25, 0.3) is 11.4 Å². The van der Waals surface area contributed by atoms with Crippen molar-refractivity contribution in [2.75, 3.05) is 6.79 Å². The molecule has 5 heteroatoms. The summed E-state index contributed by atoms with van der Waals surface area (Å²) in [6.07, 6.45) is 0. The predicted molar refractivity (Wildman–Crippen MR) is 50.6 cm³/mol. The maximum atomic E-state index is 5.35. The lowest BCUT2D eigenvalue weighted by Gasteiger charge is -1.99. The van der Waals surface area contributed by atoms with Crippen molar-refractivity contribution >= 4 is 0 Å². The van der Waals surface area contributed by atoms with Gasteiger partial charge in [0.2, 0.25) is 18.5 Å². The van der Waals surface area contributed by atoms with Gasteiger partial charge in [-0.1, -0.05) is 11.2 Å². The summed E-state index contributed by atoms with van der Waals surface area (Å²) in [6, 6.07) is 5.59. The molecule has 0 N–H and O–H groups in total. The van der Waals surface area contributed by atoms with Crippen molar-refractivity contribution in [1.82, 2.24) is 10.1 Å². The zero-order chi connectivity index (χ0) is 10.3. The summed E-state index contributed by atoms with van der Waals surface area (Å²) in [4.78, 5) is 4.15. The number of aryl methyl sites for hydroxylation is 1. The van der Waals surface area contributed by atoms with Gasteiger partial charge in [0.25, 0.3) is 0 Å². The average molecular weight is 204 g/mol. The maximum absolute atomic E-state index is 5.35. The molecule has 2 aromatic rings. The number of benzene rings is 1. The highest BCUT2D eigenvalue weighted by Crippen LogP contribution is 2.39. The van der Waals surface area contributed by atoms with Crippen molar-refractivity contribution in [1.29, 1.82) is 0 Å². The molecule has 0 aliphatic carbocycles. The Morgan fingerprint density at radius 3 is 3.00 bits per heavy atom. The molecule has 5 nitrogen and oxygen atoms in total. The lowest BCUT2D eigenvalue weighted by atomic mass is 10.2. The molecule has 1 aliphatic rings. The van der Waals surface area contributed by atoms with Crippen LogP contribution < -0.4 is 9.47 Å². The van der Waals surface area contributed by atoms with E-state index in [0.717, 1.165) is 11.3 Å². The number of hydrogen-bond acceptors (Lipinski definition) is 5. The second-order valence-corrected chi connectivity index (χ2v) is 3.18. The zero-order valence-electron chi connectivity index (χ0n) is 8.06. The van der Waals surface area contributed by atoms with Crippen LogP contribution in [-0.4, -0.2) is 16.9 Å². The third kappa shape index (κ3) is 1.24.